The second kappa shape index (κ2) is 8.46. The van der Waals surface area contributed by atoms with Gasteiger partial charge in [0.25, 0.3) is 0 Å². The van der Waals surface area contributed by atoms with Crippen LogP contribution in [-0.2, 0) is 9.59 Å². The van der Waals surface area contributed by atoms with Crippen molar-refractivity contribution in [1.29, 1.82) is 0 Å². The molecule has 32 heavy (non-hydrogen) atoms. The van der Waals surface area contributed by atoms with Gasteiger partial charge in [0.15, 0.2) is 0 Å². The van der Waals surface area contributed by atoms with Crippen LogP contribution in [0.2, 0.25) is 0 Å². The highest BCUT2D eigenvalue weighted by Gasteiger charge is 2.16. The smallest absolute Gasteiger partial charge is 0.315 e. The number of nitrogen functional groups attached to an aromatic ring is 1. The molecule has 0 fully saturated rings. The first kappa shape index (κ1) is 21.0. The van der Waals surface area contributed by atoms with E-state index in [1.54, 1.807) is 35.5 Å². The minimum atomic E-state index is -0.832. The van der Waals surface area contributed by atoms with E-state index in [0.29, 0.717) is 11.4 Å². The number of nitrogens with two attached hydrogens (primary N) is 1. The number of anilines is 3. The lowest BCUT2D eigenvalue weighted by Gasteiger charge is -2.11. The van der Waals surface area contributed by atoms with Crippen LogP contribution in [0.5, 0.6) is 0 Å². The number of pyridine rings is 2. The molecule has 0 aliphatic rings. The van der Waals surface area contributed by atoms with Crippen molar-refractivity contribution in [3.05, 3.63) is 60.8 Å². The maximum Gasteiger partial charge on any atom is 0.315 e. The molecule has 4 rings (SSSR count). The van der Waals surface area contributed by atoms with E-state index in [1.165, 1.54) is 6.20 Å². The first-order valence-corrected chi connectivity index (χ1v) is 10.1. The summed E-state index contributed by atoms with van der Waals surface area (Å²) in [5, 5.41) is 10.7. The van der Waals surface area contributed by atoms with Crippen molar-refractivity contribution in [2.24, 2.45) is 0 Å². The van der Waals surface area contributed by atoms with E-state index in [9.17, 15) is 9.59 Å². The Kier molecular flexibility index (Phi) is 5.55. The predicted octanol–water partition coefficient (Wildman–Crippen LogP) is 3.54. The minimum Gasteiger partial charge on any atom is -0.398 e. The van der Waals surface area contributed by atoms with Crippen LogP contribution < -0.4 is 16.4 Å². The topological polar surface area (TPSA) is 128 Å². The first-order chi connectivity index (χ1) is 15.3. The quantitative estimate of drug-likeness (QED) is 0.336. The van der Waals surface area contributed by atoms with Crippen LogP contribution in [0.4, 0.5) is 17.2 Å². The molecule has 0 saturated carbocycles. The largest absolute Gasteiger partial charge is 0.398 e. The highest BCUT2D eigenvalue weighted by atomic mass is 16.2. The van der Waals surface area contributed by atoms with Crippen LogP contribution in [0.15, 0.2) is 55.2 Å². The van der Waals surface area contributed by atoms with Crippen molar-refractivity contribution in [3.8, 4) is 11.1 Å². The molecule has 3 heterocycles. The summed E-state index contributed by atoms with van der Waals surface area (Å²) in [6.45, 7) is 5.92. The standard InChI is InChI=1S/C23H23N7O2/c1-13(2)30-12-17(9-27-30)28-22(31)23(32)29-21-8-16-6-15(7-20(24)19(16)11-26-21)18-10-25-5-4-14(18)3/h4-13H,24H2,1-3H3,(H,28,31)(H,26,29,32). The zero-order valence-electron chi connectivity index (χ0n) is 18.0. The Morgan fingerprint density at radius 2 is 1.84 bits per heavy atom. The van der Waals surface area contributed by atoms with E-state index in [1.807, 2.05) is 39.0 Å². The lowest BCUT2D eigenvalue weighted by molar-refractivity contribution is -0.133. The monoisotopic (exact) mass is 429 g/mol. The van der Waals surface area contributed by atoms with E-state index in [-0.39, 0.29) is 11.9 Å². The highest BCUT2D eigenvalue weighted by molar-refractivity contribution is 6.43. The number of aryl methyl sites for hydroxylation is 1. The molecule has 4 aromatic rings. The van der Waals surface area contributed by atoms with E-state index in [4.69, 9.17) is 5.73 Å². The van der Waals surface area contributed by atoms with Gasteiger partial charge < -0.3 is 16.4 Å². The van der Waals surface area contributed by atoms with Crippen LogP contribution in [0, 0.1) is 6.92 Å². The number of hydrogen-bond donors (Lipinski definition) is 3. The van der Waals surface area contributed by atoms with Crippen LogP contribution in [0.3, 0.4) is 0 Å². The third kappa shape index (κ3) is 4.27. The Morgan fingerprint density at radius 3 is 2.56 bits per heavy atom. The predicted molar refractivity (Wildman–Crippen MR) is 124 cm³/mol. The molecule has 0 unspecified atom stereocenters. The summed E-state index contributed by atoms with van der Waals surface area (Å²) >= 11 is 0. The molecule has 0 spiro atoms. The SMILES string of the molecule is Cc1ccncc1-c1cc(N)c2cnc(NC(=O)C(=O)Nc3cnn(C(C)C)c3)cc2c1. The van der Waals surface area contributed by atoms with Gasteiger partial charge in [0.05, 0.1) is 11.9 Å². The summed E-state index contributed by atoms with van der Waals surface area (Å²) < 4.78 is 1.68. The Labute approximate surface area is 184 Å². The number of carbonyl (C=O) groups is 2. The van der Waals surface area contributed by atoms with Gasteiger partial charge in [0, 0.05) is 47.5 Å². The summed E-state index contributed by atoms with van der Waals surface area (Å²) in [6, 6.07) is 7.58. The number of carbonyl (C=O) groups excluding carboxylic acids is 2. The molecule has 9 heteroatoms. The van der Waals surface area contributed by atoms with E-state index >= 15 is 0 Å². The molecule has 0 saturated heterocycles. The second-order valence-corrected chi connectivity index (χ2v) is 7.76. The van der Waals surface area contributed by atoms with E-state index < -0.39 is 11.8 Å². The average Bonchev–Trinajstić information content (AvgIpc) is 3.22. The summed E-state index contributed by atoms with van der Waals surface area (Å²) in [5.74, 6) is -1.40. The van der Waals surface area contributed by atoms with Gasteiger partial charge in [-0.15, -0.1) is 0 Å². The van der Waals surface area contributed by atoms with Gasteiger partial charge in [-0.2, -0.15) is 5.10 Å². The second-order valence-electron chi connectivity index (χ2n) is 7.76. The molecule has 0 aliphatic heterocycles. The van der Waals surface area contributed by atoms with Gasteiger partial charge >= 0.3 is 11.8 Å². The maximum absolute atomic E-state index is 12.4. The number of nitrogens with one attached hydrogen (secondary N) is 2. The summed E-state index contributed by atoms with van der Waals surface area (Å²) in [5.41, 5.74) is 10.2. The van der Waals surface area contributed by atoms with Gasteiger partial charge in [0.2, 0.25) is 0 Å². The third-order valence-electron chi connectivity index (χ3n) is 5.06. The minimum absolute atomic E-state index is 0.143. The van der Waals surface area contributed by atoms with Gasteiger partial charge in [-0.25, -0.2) is 4.98 Å². The van der Waals surface area contributed by atoms with Crippen molar-refractivity contribution < 1.29 is 9.59 Å². The first-order valence-electron chi connectivity index (χ1n) is 10.1. The van der Waals surface area contributed by atoms with Crippen LogP contribution in [-0.4, -0.2) is 31.6 Å². The van der Waals surface area contributed by atoms with Crippen molar-refractivity contribution in [2.75, 3.05) is 16.4 Å². The number of hydrogen-bond acceptors (Lipinski definition) is 6. The van der Waals surface area contributed by atoms with Crippen molar-refractivity contribution in [1.82, 2.24) is 19.7 Å². The fourth-order valence-electron chi connectivity index (χ4n) is 3.32. The molecule has 0 atom stereocenters. The van der Waals surface area contributed by atoms with Crippen molar-refractivity contribution in [3.63, 3.8) is 0 Å². The zero-order valence-corrected chi connectivity index (χ0v) is 18.0. The Hall–Kier alpha value is -4.27. The van der Waals surface area contributed by atoms with Crippen molar-refractivity contribution >= 4 is 39.8 Å². The molecule has 162 valence electrons. The summed E-state index contributed by atoms with van der Waals surface area (Å²) in [4.78, 5) is 33.1. The Morgan fingerprint density at radius 1 is 1.06 bits per heavy atom. The van der Waals surface area contributed by atoms with Crippen molar-refractivity contribution in [2.45, 2.75) is 26.8 Å². The Bertz CT molecular complexity index is 1330. The number of rotatable bonds is 4. The molecule has 0 radical (unpaired) electrons. The summed E-state index contributed by atoms with van der Waals surface area (Å²) in [6.07, 6.45) is 8.25. The normalized spacial score (nSPS) is 11.0. The van der Waals surface area contributed by atoms with Gasteiger partial charge in [-0.05, 0) is 61.5 Å². The van der Waals surface area contributed by atoms with E-state index in [0.717, 1.165) is 27.5 Å². The van der Waals surface area contributed by atoms with Gasteiger partial charge in [0.1, 0.15) is 5.82 Å². The molecule has 0 aliphatic carbocycles. The number of benzene rings is 1. The number of amides is 2. The fraction of sp³-hybridized carbons (Fsp3) is 0.174. The fourth-order valence-corrected chi connectivity index (χ4v) is 3.32. The summed E-state index contributed by atoms with van der Waals surface area (Å²) in [7, 11) is 0. The molecule has 2 amide bonds. The number of nitrogens with zero attached hydrogens (tertiary/aromatic N) is 4. The highest BCUT2D eigenvalue weighted by Crippen LogP contribution is 2.31. The van der Waals surface area contributed by atoms with Crippen LogP contribution in [0.1, 0.15) is 25.5 Å². The molecule has 9 nitrogen and oxygen atoms in total. The number of aromatic nitrogens is 4. The molecule has 0 bridgehead atoms. The van der Waals surface area contributed by atoms with E-state index in [2.05, 4.69) is 25.7 Å². The number of fused-ring (bicyclic) bond motifs is 1. The molecule has 1 aromatic carbocycles. The average molecular weight is 429 g/mol. The molecular weight excluding hydrogens is 406 g/mol. The van der Waals surface area contributed by atoms with Gasteiger partial charge in [-0.1, -0.05) is 0 Å². The Balaban J connectivity index is 1.55. The third-order valence-corrected chi connectivity index (χ3v) is 5.06. The molecule has 4 N–H and O–H groups in total. The van der Waals surface area contributed by atoms with Gasteiger partial charge in [-0.3, -0.25) is 19.3 Å². The maximum atomic E-state index is 12.4. The van der Waals surface area contributed by atoms with Crippen LogP contribution in [0.25, 0.3) is 21.9 Å². The molecule has 3 aromatic heterocycles. The van der Waals surface area contributed by atoms with Crippen LogP contribution >= 0.6 is 0 Å². The lowest BCUT2D eigenvalue weighted by atomic mass is 9.99. The lowest BCUT2D eigenvalue weighted by Crippen LogP contribution is -2.29. The molecular formula is C23H23N7O2. The zero-order chi connectivity index (χ0) is 22.8.